The molecule has 0 saturated heterocycles. The average molecular weight is 247 g/mol. The topological polar surface area (TPSA) is 56.8 Å². The second kappa shape index (κ2) is 8.46. The molecule has 0 aromatic rings. The Labute approximate surface area is 98.2 Å². The minimum absolute atomic E-state index is 0.343. The SMILES string of the molecule is C=CC(=O)N[Si](OCC)(OCC)OCCC. The highest BCUT2D eigenvalue weighted by atomic mass is 28.4. The van der Waals surface area contributed by atoms with E-state index in [9.17, 15) is 4.79 Å². The number of nitrogens with one attached hydrogen (secondary N) is 1. The number of hydrogen-bond donors (Lipinski definition) is 1. The van der Waals surface area contributed by atoms with Gasteiger partial charge < -0.3 is 18.3 Å². The van der Waals surface area contributed by atoms with E-state index in [-0.39, 0.29) is 5.91 Å². The highest BCUT2D eigenvalue weighted by Crippen LogP contribution is 2.07. The van der Waals surface area contributed by atoms with Crippen molar-refractivity contribution < 1.29 is 18.1 Å². The Balaban J connectivity index is 4.61. The van der Waals surface area contributed by atoms with Gasteiger partial charge in [0.05, 0.1) is 0 Å². The molecule has 0 aliphatic rings. The summed E-state index contributed by atoms with van der Waals surface area (Å²) in [5.74, 6) is -0.343. The van der Waals surface area contributed by atoms with Gasteiger partial charge in [0.15, 0.2) is 0 Å². The summed E-state index contributed by atoms with van der Waals surface area (Å²) in [6.07, 6.45) is 2.01. The first-order chi connectivity index (χ1) is 7.64. The zero-order chi connectivity index (χ0) is 12.4. The van der Waals surface area contributed by atoms with Crippen molar-refractivity contribution in [2.24, 2.45) is 0 Å². The minimum atomic E-state index is -3.07. The van der Waals surface area contributed by atoms with E-state index in [1.54, 1.807) is 0 Å². The molecule has 0 rings (SSSR count). The van der Waals surface area contributed by atoms with E-state index >= 15 is 0 Å². The first kappa shape index (κ1) is 15.3. The van der Waals surface area contributed by atoms with Crippen LogP contribution in [-0.4, -0.2) is 34.7 Å². The van der Waals surface area contributed by atoms with Crippen molar-refractivity contribution >= 4 is 14.9 Å². The Morgan fingerprint density at radius 1 is 1.25 bits per heavy atom. The second-order valence-electron chi connectivity index (χ2n) is 2.96. The Bertz CT molecular complexity index is 217. The summed E-state index contributed by atoms with van der Waals surface area (Å²) in [6.45, 7) is 10.4. The predicted octanol–water partition coefficient (Wildman–Crippen LogP) is 1.22. The quantitative estimate of drug-likeness (QED) is 0.492. The minimum Gasteiger partial charge on any atom is -0.357 e. The number of rotatable bonds is 9. The third-order valence-electron chi connectivity index (χ3n) is 1.63. The highest BCUT2D eigenvalue weighted by molar-refractivity contribution is 6.61. The van der Waals surface area contributed by atoms with E-state index in [4.69, 9.17) is 13.3 Å². The Morgan fingerprint density at radius 3 is 2.19 bits per heavy atom. The molecule has 0 unspecified atom stereocenters. The summed E-state index contributed by atoms with van der Waals surface area (Å²) in [5.41, 5.74) is 0. The highest BCUT2D eigenvalue weighted by Gasteiger charge is 2.43. The molecule has 0 atom stereocenters. The molecule has 0 aromatic carbocycles. The van der Waals surface area contributed by atoms with Crippen molar-refractivity contribution in [1.82, 2.24) is 4.98 Å². The van der Waals surface area contributed by atoms with E-state index in [2.05, 4.69) is 11.6 Å². The van der Waals surface area contributed by atoms with Gasteiger partial charge >= 0.3 is 8.97 Å². The molecular weight excluding hydrogens is 226 g/mol. The van der Waals surface area contributed by atoms with Gasteiger partial charge in [0.1, 0.15) is 0 Å². The number of carbonyl (C=O) groups excluding carboxylic acids is 1. The molecule has 5 nitrogen and oxygen atoms in total. The molecule has 0 fully saturated rings. The summed E-state index contributed by atoms with van der Waals surface area (Å²) < 4.78 is 16.5. The van der Waals surface area contributed by atoms with Gasteiger partial charge in [0.25, 0.3) is 0 Å². The molecule has 0 aliphatic carbocycles. The molecule has 94 valence electrons. The molecule has 0 heterocycles. The summed E-state index contributed by atoms with van der Waals surface area (Å²) in [7, 11) is -3.07. The van der Waals surface area contributed by atoms with Crippen molar-refractivity contribution in [3.8, 4) is 0 Å². The second-order valence-corrected chi connectivity index (χ2v) is 5.19. The van der Waals surface area contributed by atoms with Crippen LogP contribution in [-0.2, 0) is 18.1 Å². The van der Waals surface area contributed by atoms with Crippen LogP contribution in [0.3, 0.4) is 0 Å². The molecule has 6 heteroatoms. The van der Waals surface area contributed by atoms with E-state index in [0.29, 0.717) is 19.8 Å². The van der Waals surface area contributed by atoms with Gasteiger partial charge in [-0.3, -0.25) is 4.79 Å². The van der Waals surface area contributed by atoms with Crippen LogP contribution in [0, 0.1) is 0 Å². The van der Waals surface area contributed by atoms with Gasteiger partial charge in [0.2, 0.25) is 5.91 Å². The van der Waals surface area contributed by atoms with Gasteiger partial charge in [-0.15, -0.1) is 0 Å². The molecular formula is C10H21NO4Si. The van der Waals surface area contributed by atoms with E-state index < -0.39 is 8.97 Å². The lowest BCUT2D eigenvalue weighted by atomic mass is 10.5. The van der Waals surface area contributed by atoms with Crippen molar-refractivity contribution in [1.29, 1.82) is 0 Å². The molecule has 0 aromatic heterocycles. The molecule has 0 radical (unpaired) electrons. The lowest BCUT2D eigenvalue weighted by molar-refractivity contribution is -0.116. The summed E-state index contributed by atoms with van der Waals surface area (Å²) in [5, 5.41) is 0. The average Bonchev–Trinajstić information content (AvgIpc) is 2.27. The maximum Gasteiger partial charge on any atom is 0.633 e. The number of carbonyl (C=O) groups is 1. The number of hydrogen-bond acceptors (Lipinski definition) is 4. The van der Waals surface area contributed by atoms with E-state index in [1.807, 2.05) is 20.8 Å². The van der Waals surface area contributed by atoms with Crippen molar-refractivity contribution in [2.45, 2.75) is 27.2 Å². The summed E-state index contributed by atoms with van der Waals surface area (Å²) in [4.78, 5) is 13.9. The Morgan fingerprint density at radius 2 is 1.81 bits per heavy atom. The van der Waals surface area contributed by atoms with Crippen molar-refractivity contribution in [2.75, 3.05) is 19.8 Å². The van der Waals surface area contributed by atoms with Gasteiger partial charge in [-0.05, 0) is 26.3 Å². The zero-order valence-corrected chi connectivity index (χ0v) is 11.2. The third kappa shape index (κ3) is 5.41. The Hall–Kier alpha value is -0.693. The predicted molar refractivity (Wildman–Crippen MR) is 63.6 cm³/mol. The molecule has 0 aliphatic heterocycles. The smallest absolute Gasteiger partial charge is 0.357 e. The largest absolute Gasteiger partial charge is 0.633 e. The zero-order valence-electron chi connectivity index (χ0n) is 10.2. The van der Waals surface area contributed by atoms with Crippen molar-refractivity contribution in [3.63, 3.8) is 0 Å². The maximum atomic E-state index is 11.3. The van der Waals surface area contributed by atoms with Gasteiger partial charge in [0, 0.05) is 19.8 Å². The monoisotopic (exact) mass is 247 g/mol. The van der Waals surface area contributed by atoms with E-state index in [0.717, 1.165) is 6.42 Å². The first-order valence-corrected chi connectivity index (χ1v) is 7.23. The molecule has 0 bridgehead atoms. The maximum absolute atomic E-state index is 11.3. The first-order valence-electron chi connectivity index (χ1n) is 5.50. The fraction of sp³-hybridized carbons (Fsp3) is 0.700. The van der Waals surface area contributed by atoms with Crippen LogP contribution >= 0.6 is 0 Å². The molecule has 0 saturated carbocycles. The van der Waals surface area contributed by atoms with E-state index in [1.165, 1.54) is 6.08 Å². The Kier molecular flexibility index (Phi) is 8.09. The molecule has 1 amide bonds. The van der Waals surface area contributed by atoms with Crippen LogP contribution in [0.2, 0.25) is 0 Å². The lowest BCUT2D eigenvalue weighted by Gasteiger charge is -2.27. The van der Waals surface area contributed by atoms with Crippen LogP contribution in [0.25, 0.3) is 0 Å². The fourth-order valence-corrected chi connectivity index (χ4v) is 3.15. The van der Waals surface area contributed by atoms with Crippen LogP contribution < -0.4 is 4.98 Å². The van der Waals surface area contributed by atoms with Crippen molar-refractivity contribution in [3.05, 3.63) is 12.7 Å². The number of amides is 1. The van der Waals surface area contributed by atoms with Crippen LogP contribution in [0.15, 0.2) is 12.7 Å². The fourth-order valence-electron chi connectivity index (χ4n) is 1.05. The molecule has 0 spiro atoms. The summed E-state index contributed by atoms with van der Waals surface area (Å²) in [6, 6.07) is 0. The van der Waals surface area contributed by atoms with Crippen LogP contribution in [0.4, 0.5) is 0 Å². The standard InChI is InChI=1S/C10H21NO4Si/c1-5-9-15-16(13-7-3,14-8-4)11-10(12)6-2/h6H,2,5,7-9H2,1,3-4H3,(H,11,12). The van der Waals surface area contributed by atoms with Crippen LogP contribution in [0.5, 0.6) is 0 Å². The molecule has 16 heavy (non-hydrogen) atoms. The van der Waals surface area contributed by atoms with Crippen LogP contribution in [0.1, 0.15) is 27.2 Å². The van der Waals surface area contributed by atoms with Gasteiger partial charge in [-0.25, -0.2) is 0 Å². The molecule has 1 N–H and O–H groups in total. The summed E-state index contributed by atoms with van der Waals surface area (Å²) >= 11 is 0. The third-order valence-corrected chi connectivity index (χ3v) is 4.10. The lowest BCUT2D eigenvalue weighted by Crippen LogP contribution is -2.60. The van der Waals surface area contributed by atoms with Gasteiger partial charge in [-0.2, -0.15) is 0 Å². The normalized spacial score (nSPS) is 11.2. The van der Waals surface area contributed by atoms with Gasteiger partial charge in [-0.1, -0.05) is 13.5 Å².